The van der Waals surface area contributed by atoms with Crippen molar-refractivity contribution >= 4 is 29.1 Å². The summed E-state index contributed by atoms with van der Waals surface area (Å²) in [6, 6.07) is 5.59. The third-order valence-electron chi connectivity index (χ3n) is 3.12. The smallest absolute Gasteiger partial charge is 0.177 e. The van der Waals surface area contributed by atoms with Crippen LogP contribution in [0.15, 0.2) is 23.1 Å². The Morgan fingerprint density at radius 3 is 2.84 bits per heavy atom. The molecule has 0 aromatic heterocycles. The predicted octanol–water partition coefficient (Wildman–Crippen LogP) is 2.54. The van der Waals surface area contributed by atoms with Crippen LogP contribution in [-0.4, -0.2) is 49.2 Å². The van der Waals surface area contributed by atoms with Crippen LogP contribution >= 0.6 is 23.4 Å². The zero-order valence-corrected chi connectivity index (χ0v) is 12.7. The monoisotopic (exact) mass is 298 g/mol. The number of carbonyl (C=O) groups is 1. The van der Waals surface area contributed by atoms with E-state index < -0.39 is 0 Å². The van der Waals surface area contributed by atoms with E-state index in [1.165, 1.54) is 0 Å². The first kappa shape index (κ1) is 14.9. The molecule has 2 rings (SSSR count). The van der Waals surface area contributed by atoms with Gasteiger partial charge in [0.1, 0.15) is 0 Å². The number of nitrogens with one attached hydrogen (secondary N) is 1. The fourth-order valence-corrected chi connectivity index (χ4v) is 3.13. The Labute approximate surface area is 123 Å². The molecule has 1 aromatic rings. The number of halogens is 1. The average Bonchev–Trinajstić information content (AvgIpc) is 2.42. The molecule has 1 aromatic carbocycles. The van der Waals surface area contributed by atoms with Gasteiger partial charge in [0.2, 0.25) is 0 Å². The molecule has 3 nitrogen and oxygen atoms in total. The summed E-state index contributed by atoms with van der Waals surface area (Å²) in [5.74, 6) is 1.12. The number of carbonyl (C=O) groups excluding carboxylic acids is 1. The minimum atomic E-state index is 0.167. The quantitative estimate of drug-likeness (QED) is 0.669. The fourth-order valence-electron chi connectivity index (χ4n) is 2.16. The lowest BCUT2D eigenvalue weighted by molar-refractivity contribution is 0.0918. The van der Waals surface area contributed by atoms with Crippen LogP contribution in [0.25, 0.3) is 0 Å². The van der Waals surface area contributed by atoms with Gasteiger partial charge < -0.3 is 5.32 Å². The maximum atomic E-state index is 12.4. The molecule has 1 aliphatic heterocycles. The second-order valence-electron chi connectivity index (χ2n) is 4.52. The van der Waals surface area contributed by atoms with Crippen LogP contribution in [0.5, 0.6) is 0 Å². The van der Waals surface area contributed by atoms with Gasteiger partial charge in [-0.25, -0.2) is 0 Å². The highest BCUT2D eigenvalue weighted by molar-refractivity contribution is 7.99. The van der Waals surface area contributed by atoms with E-state index in [1.807, 2.05) is 12.1 Å². The summed E-state index contributed by atoms with van der Waals surface area (Å²) >= 11 is 7.71. The highest BCUT2D eigenvalue weighted by Gasteiger charge is 2.17. The zero-order chi connectivity index (χ0) is 13.7. The Kier molecular flexibility index (Phi) is 5.70. The minimum absolute atomic E-state index is 0.167. The molecule has 104 valence electrons. The lowest BCUT2D eigenvalue weighted by atomic mass is 10.1. The van der Waals surface area contributed by atoms with Crippen molar-refractivity contribution in [1.29, 1.82) is 0 Å². The first-order chi connectivity index (χ1) is 9.20. The summed E-state index contributed by atoms with van der Waals surface area (Å²) in [7, 11) is 0. The summed E-state index contributed by atoms with van der Waals surface area (Å²) in [5.41, 5.74) is 0.762. The second-order valence-corrected chi connectivity index (χ2v) is 6.27. The van der Waals surface area contributed by atoms with Gasteiger partial charge in [-0.1, -0.05) is 18.5 Å². The number of hydrogen-bond donors (Lipinski definition) is 1. The highest BCUT2D eigenvalue weighted by Crippen LogP contribution is 2.26. The number of hydrogen-bond acceptors (Lipinski definition) is 4. The molecule has 0 atom stereocenters. The van der Waals surface area contributed by atoms with Crippen LogP contribution < -0.4 is 5.32 Å². The number of benzene rings is 1. The minimum Gasteiger partial charge on any atom is -0.314 e. The van der Waals surface area contributed by atoms with Crippen molar-refractivity contribution in [2.75, 3.05) is 38.5 Å². The summed E-state index contributed by atoms with van der Waals surface area (Å²) < 4.78 is 0. The maximum Gasteiger partial charge on any atom is 0.177 e. The van der Waals surface area contributed by atoms with Crippen molar-refractivity contribution in [1.82, 2.24) is 10.2 Å². The van der Waals surface area contributed by atoms with Gasteiger partial charge in [0, 0.05) is 41.7 Å². The van der Waals surface area contributed by atoms with E-state index in [0.29, 0.717) is 11.6 Å². The predicted molar refractivity (Wildman–Crippen MR) is 81.5 cm³/mol. The maximum absolute atomic E-state index is 12.4. The number of nitrogens with zero attached hydrogens (tertiary/aromatic N) is 1. The summed E-state index contributed by atoms with van der Waals surface area (Å²) in [4.78, 5) is 15.7. The second kappa shape index (κ2) is 7.29. The van der Waals surface area contributed by atoms with Gasteiger partial charge in [0.05, 0.1) is 6.54 Å². The molecule has 1 heterocycles. The van der Waals surface area contributed by atoms with Crippen LogP contribution in [0.4, 0.5) is 0 Å². The van der Waals surface area contributed by atoms with E-state index in [4.69, 9.17) is 11.6 Å². The largest absolute Gasteiger partial charge is 0.314 e. The van der Waals surface area contributed by atoms with Crippen LogP contribution in [0.1, 0.15) is 17.3 Å². The number of Topliss-reactive ketones (excluding diaryl/α,β-unsaturated/α-hetero) is 1. The van der Waals surface area contributed by atoms with Gasteiger partial charge in [-0.05, 0) is 24.0 Å². The lowest BCUT2D eigenvalue weighted by Gasteiger charge is -2.26. The fraction of sp³-hybridized carbons (Fsp3) is 0.500. The van der Waals surface area contributed by atoms with E-state index >= 15 is 0 Å². The van der Waals surface area contributed by atoms with Gasteiger partial charge in [-0.15, -0.1) is 11.8 Å². The first-order valence-electron chi connectivity index (χ1n) is 6.59. The number of thioether (sulfide) groups is 1. The van der Waals surface area contributed by atoms with Crippen molar-refractivity contribution < 1.29 is 4.79 Å². The molecule has 0 amide bonds. The van der Waals surface area contributed by atoms with Gasteiger partial charge in [0.25, 0.3) is 0 Å². The molecule has 19 heavy (non-hydrogen) atoms. The molecule has 1 aliphatic rings. The molecule has 1 N–H and O–H groups in total. The van der Waals surface area contributed by atoms with Gasteiger partial charge in [0.15, 0.2) is 5.78 Å². The van der Waals surface area contributed by atoms with Crippen molar-refractivity contribution in [2.24, 2.45) is 0 Å². The number of piperazine rings is 1. The van der Waals surface area contributed by atoms with Crippen LogP contribution in [0.3, 0.4) is 0 Å². The topological polar surface area (TPSA) is 32.3 Å². The Balaban J connectivity index is 2.10. The number of rotatable bonds is 5. The van der Waals surface area contributed by atoms with Gasteiger partial charge in [-0.3, -0.25) is 9.69 Å². The summed E-state index contributed by atoms with van der Waals surface area (Å²) in [6.45, 7) is 6.35. The molecular weight excluding hydrogens is 280 g/mol. The van der Waals surface area contributed by atoms with Crippen LogP contribution in [-0.2, 0) is 0 Å². The van der Waals surface area contributed by atoms with Crippen LogP contribution in [0.2, 0.25) is 5.02 Å². The molecule has 0 spiro atoms. The van der Waals surface area contributed by atoms with E-state index in [9.17, 15) is 4.79 Å². The molecule has 5 heteroatoms. The molecular formula is C14H19ClN2OS. The van der Waals surface area contributed by atoms with E-state index in [1.54, 1.807) is 17.8 Å². The Morgan fingerprint density at radius 1 is 1.42 bits per heavy atom. The molecule has 0 aliphatic carbocycles. The highest BCUT2D eigenvalue weighted by atomic mass is 35.5. The molecule has 1 fully saturated rings. The summed E-state index contributed by atoms with van der Waals surface area (Å²) in [5, 5.41) is 3.92. The van der Waals surface area contributed by atoms with Crippen molar-refractivity contribution in [3.8, 4) is 0 Å². The molecule has 0 radical (unpaired) electrons. The third-order valence-corrected chi connectivity index (χ3v) is 4.31. The van der Waals surface area contributed by atoms with Crippen molar-refractivity contribution in [3.63, 3.8) is 0 Å². The lowest BCUT2D eigenvalue weighted by Crippen LogP contribution is -2.45. The van der Waals surface area contributed by atoms with Gasteiger partial charge in [-0.2, -0.15) is 0 Å². The molecule has 1 saturated heterocycles. The van der Waals surface area contributed by atoms with E-state index in [-0.39, 0.29) is 5.78 Å². The van der Waals surface area contributed by atoms with Crippen molar-refractivity contribution in [2.45, 2.75) is 11.8 Å². The van der Waals surface area contributed by atoms with E-state index in [2.05, 4.69) is 17.1 Å². The Morgan fingerprint density at radius 2 is 2.16 bits per heavy atom. The first-order valence-corrected chi connectivity index (χ1v) is 7.95. The molecule has 0 bridgehead atoms. The SMILES string of the molecule is CCSc1ccc(Cl)cc1C(=O)CN1CCNCC1. The van der Waals surface area contributed by atoms with Crippen molar-refractivity contribution in [3.05, 3.63) is 28.8 Å². The standard InChI is InChI=1S/C14H19ClN2OS/c1-2-19-14-4-3-11(15)9-12(14)13(18)10-17-7-5-16-6-8-17/h3-4,9,16H,2,5-8,10H2,1H3. The van der Waals surface area contributed by atoms with E-state index in [0.717, 1.165) is 42.4 Å². The Hall–Kier alpha value is -0.550. The van der Waals surface area contributed by atoms with Gasteiger partial charge >= 0.3 is 0 Å². The third kappa shape index (κ3) is 4.21. The molecule has 0 unspecified atom stereocenters. The number of ketones is 1. The Bertz CT molecular complexity index is 447. The normalized spacial score (nSPS) is 16.5. The zero-order valence-electron chi connectivity index (χ0n) is 11.1. The van der Waals surface area contributed by atoms with Crippen LogP contribution in [0, 0.1) is 0 Å². The molecule has 0 saturated carbocycles. The average molecular weight is 299 g/mol. The summed E-state index contributed by atoms with van der Waals surface area (Å²) in [6.07, 6.45) is 0.